The second-order valence-corrected chi connectivity index (χ2v) is 11.5. The summed E-state index contributed by atoms with van der Waals surface area (Å²) in [5.74, 6) is -0.392. The van der Waals surface area contributed by atoms with Crippen LogP contribution in [0, 0.1) is 0 Å². The van der Waals surface area contributed by atoms with E-state index < -0.39 is 26.0 Å². The van der Waals surface area contributed by atoms with Crippen LogP contribution < -0.4 is 11.1 Å². The SMILES string of the molecule is CC1(C)C(N)=N[C@](C)(c2sc(C(=O)Nc3cccc(Cl)n3)cc2Cl)CS1(=O)=O. The maximum atomic E-state index is 12.7. The molecule has 1 atom stereocenters. The maximum Gasteiger partial charge on any atom is 0.266 e. The van der Waals surface area contributed by atoms with Crippen LogP contribution in [0.15, 0.2) is 29.3 Å². The fourth-order valence-corrected chi connectivity index (χ4v) is 6.22. The minimum absolute atomic E-state index is 0.0137. The Morgan fingerprint density at radius 1 is 1.29 bits per heavy atom. The highest BCUT2D eigenvalue weighted by Crippen LogP contribution is 2.43. The van der Waals surface area contributed by atoms with Gasteiger partial charge in [0.05, 0.1) is 20.5 Å². The number of nitrogens with two attached hydrogens (primary N) is 1. The highest BCUT2D eigenvalue weighted by Gasteiger charge is 2.50. The first-order valence-corrected chi connectivity index (χ1v) is 11.4. The molecule has 1 aliphatic heterocycles. The number of nitrogens with zero attached hydrogens (tertiary/aromatic N) is 2. The minimum Gasteiger partial charge on any atom is -0.386 e. The topological polar surface area (TPSA) is 115 Å². The third-order valence-electron chi connectivity index (χ3n) is 4.59. The third kappa shape index (κ3) is 3.63. The van der Waals surface area contributed by atoms with Crippen molar-refractivity contribution in [3.63, 3.8) is 0 Å². The van der Waals surface area contributed by atoms with Crippen molar-refractivity contribution in [2.24, 2.45) is 10.7 Å². The number of pyridine rings is 1. The largest absolute Gasteiger partial charge is 0.386 e. The number of carbonyl (C=O) groups is 1. The van der Waals surface area contributed by atoms with E-state index in [9.17, 15) is 13.2 Å². The molecule has 3 N–H and O–H groups in total. The Bertz CT molecular complexity index is 1100. The fourth-order valence-electron chi connectivity index (χ4n) is 2.76. The molecule has 1 amide bonds. The van der Waals surface area contributed by atoms with E-state index >= 15 is 0 Å². The molecule has 28 heavy (non-hydrogen) atoms. The van der Waals surface area contributed by atoms with Crippen LogP contribution in [0.4, 0.5) is 5.82 Å². The molecule has 0 aromatic carbocycles. The van der Waals surface area contributed by atoms with Crippen LogP contribution >= 0.6 is 34.5 Å². The lowest BCUT2D eigenvalue weighted by Crippen LogP contribution is -2.54. The molecule has 0 bridgehead atoms. The molecule has 3 rings (SSSR count). The predicted molar refractivity (Wildman–Crippen MR) is 113 cm³/mol. The van der Waals surface area contributed by atoms with Crippen LogP contribution in [0.1, 0.15) is 35.3 Å². The van der Waals surface area contributed by atoms with Gasteiger partial charge in [-0.15, -0.1) is 11.3 Å². The Morgan fingerprint density at radius 3 is 2.57 bits per heavy atom. The summed E-state index contributed by atoms with van der Waals surface area (Å²) in [5, 5.41) is 3.13. The summed E-state index contributed by atoms with van der Waals surface area (Å²) < 4.78 is 24.2. The molecule has 0 spiro atoms. The van der Waals surface area contributed by atoms with Gasteiger partial charge in [-0.1, -0.05) is 29.3 Å². The Balaban J connectivity index is 1.96. The summed E-state index contributed by atoms with van der Waals surface area (Å²) in [7, 11) is -3.58. The van der Waals surface area contributed by atoms with Gasteiger partial charge in [0.1, 0.15) is 27.1 Å². The van der Waals surface area contributed by atoms with Crippen LogP contribution in [0.2, 0.25) is 10.2 Å². The van der Waals surface area contributed by atoms with Crippen molar-refractivity contribution in [1.29, 1.82) is 0 Å². The number of carbonyl (C=O) groups excluding carboxylic acids is 1. The first-order valence-electron chi connectivity index (χ1n) is 8.17. The summed E-state index contributed by atoms with van der Waals surface area (Å²) in [6.07, 6.45) is 0. The van der Waals surface area contributed by atoms with E-state index in [1.165, 1.54) is 19.9 Å². The van der Waals surface area contributed by atoms with Crippen LogP contribution in [0.25, 0.3) is 0 Å². The normalized spacial score (nSPS) is 23.1. The highest BCUT2D eigenvalue weighted by molar-refractivity contribution is 7.93. The number of thiophene rings is 1. The maximum absolute atomic E-state index is 12.7. The number of aliphatic imine (C=N–C) groups is 1. The van der Waals surface area contributed by atoms with Crippen molar-refractivity contribution in [3.05, 3.63) is 44.2 Å². The molecule has 0 unspecified atom stereocenters. The summed E-state index contributed by atoms with van der Waals surface area (Å²) in [6, 6.07) is 6.32. The molecule has 0 saturated carbocycles. The summed E-state index contributed by atoms with van der Waals surface area (Å²) in [5.41, 5.74) is 4.79. The zero-order chi connectivity index (χ0) is 20.9. The monoisotopic (exact) mass is 460 g/mol. The molecular formula is C17H18Cl2N4O3S2. The van der Waals surface area contributed by atoms with Crippen LogP contribution in [0.3, 0.4) is 0 Å². The number of rotatable bonds is 3. The van der Waals surface area contributed by atoms with Gasteiger partial charge >= 0.3 is 0 Å². The number of hydrogen-bond donors (Lipinski definition) is 2. The van der Waals surface area contributed by atoms with E-state index in [-0.39, 0.29) is 21.8 Å². The second-order valence-electron chi connectivity index (χ2n) is 7.13. The van der Waals surface area contributed by atoms with Crippen molar-refractivity contribution < 1.29 is 13.2 Å². The summed E-state index contributed by atoms with van der Waals surface area (Å²) in [6.45, 7) is 4.69. The van der Waals surface area contributed by atoms with Crippen molar-refractivity contribution in [2.75, 3.05) is 11.1 Å². The van der Waals surface area contributed by atoms with Crippen molar-refractivity contribution in [1.82, 2.24) is 4.98 Å². The summed E-state index contributed by atoms with van der Waals surface area (Å²) >= 11 is 13.2. The molecular weight excluding hydrogens is 443 g/mol. The van der Waals surface area contributed by atoms with Gasteiger partial charge in [-0.2, -0.15) is 0 Å². The van der Waals surface area contributed by atoms with Crippen LogP contribution in [0.5, 0.6) is 0 Å². The van der Waals surface area contributed by atoms with E-state index in [0.29, 0.717) is 15.6 Å². The van der Waals surface area contributed by atoms with Crippen molar-refractivity contribution >= 4 is 61.9 Å². The lowest BCUT2D eigenvalue weighted by Gasteiger charge is -2.37. The van der Waals surface area contributed by atoms with Crippen molar-refractivity contribution in [3.8, 4) is 0 Å². The lowest BCUT2D eigenvalue weighted by atomic mass is 10.0. The average molecular weight is 461 g/mol. The molecule has 0 aliphatic carbocycles. The average Bonchev–Trinajstić information content (AvgIpc) is 2.96. The zero-order valence-electron chi connectivity index (χ0n) is 15.3. The van der Waals surface area contributed by atoms with Gasteiger partial charge in [-0.25, -0.2) is 13.4 Å². The fraction of sp³-hybridized carbons (Fsp3) is 0.353. The number of amidine groups is 1. The quantitative estimate of drug-likeness (QED) is 0.680. The van der Waals surface area contributed by atoms with E-state index in [0.717, 1.165) is 11.3 Å². The van der Waals surface area contributed by atoms with Gasteiger partial charge in [0.2, 0.25) is 0 Å². The molecule has 2 aromatic heterocycles. The lowest BCUT2D eigenvalue weighted by molar-refractivity contribution is 0.103. The number of hydrogen-bond acceptors (Lipinski definition) is 7. The molecule has 0 saturated heterocycles. The first kappa shape index (κ1) is 21.0. The Morgan fingerprint density at radius 2 is 1.96 bits per heavy atom. The zero-order valence-corrected chi connectivity index (χ0v) is 18.4. The highest BCUT2D eigenvalue weighted by atomic mass is 35.5. The van der Waals surface area contributed by atoms with Crippen molar-refractivity contribution in [2.45, 2.75) is 31.1 Å². The van der Waals surface area contributed by atoms with E-state index in [1.54, 1.807) is 25.1 Å². The van der Waals surface area contributed by atoms with Crippen LogP contribution in [-0.2, 0) is 15.4 Å². The smallest absolute Gasteiger partial charge is 0.266 e. The second kappa shape index (κ2) is 6.98. The van der Waals surface area contributed by atoms with Gasteiger partial charge in [0.25, 0.3) is 5.91 Å². The number of amides is 1. The molecule has 1 aliphatic rings. The Hall–Kier alpha value is -1.68. The molecule has 150 valence electrons. The standard InChI is InChI=1S/C17H18Cl2N4O3S2/c1-16(2)15(20)23-17(3,8-28(16,25)26)13-9(18)7-10(27-13)14(24)22-12-6-4-5-11(19)21-12/h4-7H,8H2,1-3H3,(H2,20,23)(H,21,22,24)/t17-/m0/s1. The number of aromatic nitrogens is 1. The molecule has 7 nitrogen and oxygen atoms in total. The summed E-state index contributed by atoms with van der Waals surface area (Å²) in [4.78, 5) is 21.7. The van der Waals surface area contributed by atoms with Crippen LogP contribution in [-0.4, -0.2) is 35.6 Å². The predicted octanol–water partition coefficient (Wildman–Crippen LogP) is 3.48. The van der Waals surface area contributed by atoms with E-state index in [2.05, 4.69) is 15.3 Å². The van der Waals surface area contributed by atoms with E-state index in [4.69, 9.17) is 28.9 Å². The third-order valence-corrected chi connectivity index (χ3v) is 9.30. The number of anilines is 1. The van der Waals surface area contributed by atoms with Gasteiger partial charge < -0.3 is 11.1 Å². The molecule has 2 aromatic rings. The minimum atomic E-state index is -3.58. The Kier molecular flexibility index (Phi) is 5.24. The molecule has 11 heteroatoms. The molecule has 3 heterocycles. The number of sulfone groups is 1. The van der Waals surface area contributed by atoms with Gasteiger partial charge in [-0.05, 0) is 39.0 Å². The van der Waals surface area contributed by atoms with Gasteiger partial charge in [-0.3, -0.25) is 9.79 Å². The van der Waals surface area contributed by atoms with E-state index in [1.807, 2.05) is 0 Å². The molecule has 0 fully saturated rings. The van der Waals surface area contributed by atoms with Gasteiger partial charge in [0, 0.05) is 0 Å². The van der Waals surface area contributed by atoms with Gasteiger partial charge in [0.15, 0.2) is 9.84 Å². The number of halogens is 2. The Labute approximate surface area is 176 Å². The number of nitrogens with one attached hydrogen (secondary N) is 1. The first-order chi connectivity index (χ1) is 12.9. The molecule has 0 radical (unpaired) electrons.